The van der Waals surface area contributed by atoms with E-state index in [0.717, 1.165) is 37.5 Å². The van der Waals surface area contributed by atoms with Crippen LogP contribution in [0.15, 0.2) is 24.3 Å². The molecule has 1 aromatic rings. The van der Waals surface area contributed by atoms with E-state index in [1.807, 2.05) is 12.1 Å². The number of carbonyl (C=O) groups is 2. The summed E-state index contributed by atoms with van der Waals surface area (Å²) in [5, 5.41) is 8.86. The van der Waals surface area contributed by atoms with E-state index >= 15 is 0 Å². The first-order valence-electron chi connectivity index (χ1n) is 7.12. The fourth-order valence-corrected chi connectivity index (χ4v) is 3.53. The molecule has 4 heteroatoms. The monoisotopic (exact) mass is 274 g/mol. The van der Waals surface area contributed by atoms with Crippen LogP contribution in [0.25, 0.3) is 0 Å². The summed E-state index contributed by atoms with van der Waals surface area (Å²) >= 11 is 0. The second-order valence-corrected chi connectivity index (χ2v) is 5.71. The lowest BCUT2D eigenvalue weighted by molar-refractivity contribution is -0.113. The fourth-order valence-electron chi connectivity index (χ4n) is 3.53. The molecule has 0 radical (unpaired) electrons. The van der Waals surface area contributed by atoms with Crippen LogP contribution in [0.3, 0.4) is 0 Å². The van der Waals surface area contributed by atoms with Gasteiger partial charge in [-0.15, -0.1) is 0 Å². The number of hydrogen-bond acceptors (Lipinski definition) is 3. The summed E-state index contributed by atoms with van der Waals surface area (Å²) in [4.78, 5) is 22.0. The molecule has 0 aliphatic carbocycles. The average Bonchev–Trinajstić information content (AvgIpc) is 3.05. The predicted molar refractivity (Wildman–Crippen MR) is 72.7 cm³/mol. The fraction of sp³-hybridized carbons (Fsp3) is 0.500. The number of aldehydes is 1. The Morgan fingerprint density at radius 3 is 2.60 bits per heavy atom. The van der Waals surface area contributed by atoms with Crippen LogP contribution in [-0.2, 0) is 16.0 Å². The van der Waals surface area contributed by atoms with Crippen molar-refractivity contribution in [1.29, 1.82) is 0 Å². The third-order valence-corrected chi connectivity index (χ3v) is 4.61. The number of benzene rings is 1. The molecule has 4 nitrogen and oxygen atoms in total. The van der Waals surface area contributed by atoms with Crippen molar-refractivity contribution in [2.45, 2.75) is 37.9 Å². The lowest BCUT2D eigenvalue weighted by atomic mass is 9.77. The number of carbonyl (C=O) groups excluding carboxylic acids is 1. The summed E-state index contributed by atoms with van der Waals surface area (Å²) in [6, 6.07) is 6.97. The van der Waals surface area contributed by atoms with E-state index in [-0.39, 0.29) is 18.1 Å². The average molecular weight is 274 g/mol. The molecule has 0 unspecified atom stereocenters. The van der Waals surface area contributed by atoms with E-state index in [1.54, 1.807) is 12.1 Å². The van der Waals surface area contributed by atoms with Crippen molar-refractivity contribution in [3.05, 3.63) is 35.4 Å². The Morgan fingerprint density at radius 2 is 1.95 bits per heavy atom. The van der Waals surface area contributed by atoms with Gasteiger partial charge in [0.05, 0.1) is 17.8 Å². The Hall–Kier alpha value is -1.68. The lowest BCUT2D eigenvalue weighted by Crippen LogP contribution is -2.28. The molecule has 2 heterocycles. The summed E-state index contributed by atoms with van der Waals surface area (Å²) in [6.45, 7) is 0. The first kappa shape index (κ1) is 13.3. The molecule has 2 fully saturated rings. The number of carboxylic acids is 1. The van der Waals surface area contributed by atoms with Crippen LogP contribution in [0.4, 0.5) is 0 Å². The SMILES string of the molecule is O=C[C@@H]1[C@H](CCc2ccc(C(=O)O)cc2)[C@H]2CC[C@@H]1O2. The Balaban J connectivity index is 1.61. The molecule has 2 saturated heterocycles. The largest absolute Gasteiger partial charge is 0.478 e. The van der Waals surface area contributed by atoms with Gasteiger partial charge in [0, 0.05) is 5.92 Å². The molecule has 2 aliphatic rings. The topological polar surface area (TPSA) is 63.6 Å². The molecule has 0 aromatic heterocycles. The van der Waals surface area contributed by atoms with Crippen molar-refractivity contribution in [3.8, 4) is 0 Å². The number of aryl methyl sites for hydroxylation is 1. The van der Waals surface area contributed by atoms with Crippen LogP contribution in [0.5, 0.6) is 0 Å². The number of ether oxygens (including phenoxy) is 1. The van der Waals surface area contributed by atoms with Gasteiger partial charge in [0.1, 0.15) is 6.29 Å². The molecule has 3 rings (SSSR count). The maximum Gasteiger partial charge on any atom is 0.335 e. The summed E-state index contributed by atoms with van der Waals surface area (Å²) < 4.78 is 5.82. The molecular formula is C16H18O4. The highest BCUT2D eigenvalue weighted by Gasteiger charge is 2.48. The van der Waals surface area contributed by atoms with Gasteiger partial charge in [0.15, 0.2) is 0 Å². The minimum atomic E-state index is -0.904. The van der Waals surface area contributed by atoms with Crippen molar-refractivity contribution in [2.24, 2.45) is 11.8 Å². The molecule has 2 bridgehead atoms. The van der Waals surface area contributed by atoms with E-state index in [0.29, 0.717) is 11.5 Å². The number of fused-ring (bicyclic) bond motifs is 2. The Kier molecular flexibility index (Phi) is 3.57. The summed E-state index contributed by atoms with van der Waals surface area (Å²) in [5.74, 6) is -0.531. The summed E-state index contributed by atoms with van der Waals surface area (Å²) in [5.41, 5.74) is 1.42. The number of carboxylic acid groups (broad SMARTS) is 1. The zero-order valence-electron chi connectivity index (χ0n) is 11.2. The predicted octanol–water partition coefficient (Wildman–Crippen LogP) is 2.31. The lowest BCUT2D eigenvalue weighted by Gasteiger charge is -2.23. The van der Waals surface area contributed by atoms with E-state index < -0.39 is 5.97 Å². The normalized spacial score (nSPS) is 31.4. The Labute approximate surface area is 117 Å². The van der Waals surface area contributed by atoms with Crippen LogP contribution >= 0.6 is 0 Å². The molecule has 20 heavy (non-hydrogen) atoms. The third-order valence-electron chi connectivity index (χ3n) is 4.61. The van der Waals surface area contributed by atoms with Crippen LogP contribution in [0, 0.1) is 11.8 Å². The van der Waals surface area contributed by atoms with Gasteiger partial charge < -0.3 is 14.6 Å². The second kappa shape index (κ2) is 5.37. The molecule has 0 amide bonds. The molecule has 1 N–H and O–H groups in total. The van der Waals surface area contributed by atoms with Gasteiger partial charge in [-0.05, 0) is 49.3 Å². The highest BCUT2D eigenvalue weighted by atomic mass is 16.5. The van der Waals surface area contributed by atoms with E-state index in [2.05, 4.69) is 0 Å². The third kappa shape index (κ3) is 2.36. The van der Waals surface area contributed by atoms with Crippen molar-refractivity contribution in [2.75, 3.05) is 0 Å². The molecule has 0 saturated carbocycles. The maximum atomic E-state index is 11.2. The zero-order valence-corrected chi connectivity index (χ0v) is 11.2. The van der Waals surface area contributed by atoms with E-state index in [1.165, 1.54) is 0 Å². The highest BCUT2D eigenvalue weighted by Crippen LogP contribution is 2.44. The summed E-state index contributed by atoms with van der Waals surface area (Å²) in [6.07, 6.45) is 5.31. The van der Waals surface area contributed by atoms with Gasteiger partial charge >= 0.3 is 5.97 Å². The van der Waals surface area contributed by atoms with Gasteiger partial charge in [-0.2, -0.15) is 0 Å². The van der Waals surface area contributed by atoms with Gasteiger partial charge in [0.2, 0.25) is 0 Å². The van der Waals surface area contributed by atoms with Crippen LogP contribution in [0.1, 0.15) is 35.2 Å². The van der Waals surface area contributed by atoms with Crippen molar-refractivity contribution < 1.29 is 19.4 Å². The number of rotatable bonds is 5. The van der Waals surface area contributed by atoms with Gasteiger partial charge in [-0.1, -0.05) is 12.1 Å². The second-order valence-electron chi connectivity index (χ2n) is 5.71. The minimum absolute atomic E-state index is 0.0482. The Bertz CT molecular complexity index is 508. The molecular weight excluding hydrogens is 256 g/mol. The van der Waals surface area contributed by atoms with Gasteiger partial charge in [0.25, 0.3) is 0 Å². The quantitative estimate of drug-likeness (QED) is 0.837. The Morgan fingerprint density at radius 1 is 1.25 bits per heavy atom. The first-order valence-corrected chi connectivity index (χ1v) is 7.12. The molecule has 106 valence electrons. The number of hydrogen-bond donors (Lipinski definition) is 1. The van der Waals surface area contributed by atoms with Crippen molar-refractivity contribution in [1.82, 2.24) is 0 Å². The van der Waals surface area contributed by atoms with E-state index in [4.69, 9.17) is 9.84 Å². The van der Waals surface area contributed by atoms with Crippen LogP contribution in [0.2, 0.25) is 0 Å². The standard InChI is InChI=1S/C16H18O4/c17-9-13-12(14-7-8-15(13)20-14)6-3-10-1-4-11(5-2-10)16(18)19/h1-2,4-5,9,12-15H,3,6-8H2,(H,18,19)/t12-,13+,14+,15-/m0/s1. The summed E-state index contributed by atoms with van der Waals surface area (Å²) in [7, 11) is 0. The minimum Gasteiger partial charge on any atom is -0.478 e. The van der Waals surface area contributed by atoms with Crippen LogP contribution < -0.4 is 0 Å². The van der Waals surface area contributed by atoms with Crippen molar-refractivity contribution >= 4 is 12.3 Å². The molecule has 0 spiro atoms. The molecule has 4 atom stereocenters. The van der Waals surface area contributed by atoms with Gasteiger partial charge in [-0.25, -0.2) is 4.79 Å². The number of aromatic carboxylic acids is 1. The zero-order chi connectivity index (χ0) is 14.1. The van der Waals surface area contributed by atoms with Gasteiger partial charge in [-0.3, -0.25) is 0 Å². The van der Waals surface area contributed by atoms with Crippen molar-refractivity contribution in [3.63, 3.8) is 0 Å². The first-order chi connectivity index (χ1) is 9.69. The highest BCUT2D eigenvalue weighted by molar-refractivity contribution is 5.87. The molecule has 1 aromatic carbocycles. The van der Waals surface area contributed by atoms with E-state index in [9.17, 15) is 9.59 Å². The molecule has 2 aliphatic heterocycles. The maximum absolute atomic E-state index is 11.2. The van der Waals surface area contributed by atoms with Crippen LogP contribution in [-0.4, -0.2) is 29.6 Å². The smallest absolute Gasteiger partial charge is 0.335 e.